The van der Waals surface area contributed by atoms with Crippen LogP contribution in [0.2, 0.25) is 0 Å². The highest BCUT2D eigenvalue weighted by Crippen LogP contribution is 2.03. The van der Waals surface area contributed by atoms with Gasteiger partial charge in [0.25, 0.3) is 0 Å². The summed E-state index contributed by atoms with van der Waals surface area (Å²) >= 11 is 0. The molecule has 0 aliphatic heterocycles. The van der Waals surface area contributed by atoms with Crippen LogP contribution in [-0.4, -0.2) is 30.3 Å². The molecule has 1 aromatic heterocycles. The fraction of sp³-hybridized carbons (Fsp3) is 0.500. The zero-order valence-electron chi connectivity index (χ0n) is 7.56. The summed E-state index contributed by atoms with van der Waals surface area (Å²) in [4.78, 5) is 7.76. The zero-order chi connectivity index (χ0) is 9.52. The molecule has 1 heterocycles. The molecule has 0 radical (unpaired) electrons. The first kappa shape index (κ1) is 9.73. The summed E-state index contributed by atoms with van der Waals surface area (Å²) in [7, 11) is 1.65. The van der Waals surface area contributed by atoms with Crippen molar-refractivity contribution in [2.45, 2.75) is 6.42 Å². The maximum Gasteiger partial charge on any atom is 0.318 e. The van der Waals surface area contributed by atoms with Crippen molar-refractivity contribution >= 4 is 5.82 Å². The van der Waals surface area contributed by atoms with Crippen LogP contribution < -0.4 is 10.5 Å². The van der Waals surface area contributed by atoms with Gasteiger partial charge in [0.1, 0.15) is 5.82 Å². The number of anilines is 1. The lowest BCUT2D eigenvalue weighted by molar-refractivity contribution is 0.169. The van der Waals surface area contributed by atoms with Crippen molar-refractivity contribution in [3.8, 4) is 6.01 Å². The lowest BCUT2D eigenvalue weighted by atomic mass is 10.5. The molecular formula is C8H13N3O2. The van der Waals surface area contributed by atoms with E-state index in [2.05, 4.69) is 9.97 Å². The molecule has 5 nitrogen and oxygen atoms in total. The molecule has 0 aliphatic rings. The number of nitrogens with two attached hydrogens (primary N) is 1. The summed E-state index contributed by atoms with van der Waals surface area (Å²) in [5.41, 5.74) is 5.43. The van der Waals surface area contributed by atoms with Gasteiger partial charge in [-0.2, -0.15) is 4.98 Å². The van der Waals surface area contributed by atoms with Crippen LogP contribution in [0.15, 0.2) is 12.3 Å². The Morgan fingerprint density at radius 2 is 2.31 bits per heavy atom. The summed E-state index contributed by atoms with van der Waals surface area (Å²) in [6.45, 7) is 1.21. The van der Waals surface area contributed by atoms with E-state index >= 15 is 0 Å². The average molecular weight is 183 g/mol. The van der Waals surface area contributed by atoms with Gasteiger partial charge in [0.15, 0.2) is 0 Å². The molecule has 0 amide bonds. The summed E-state index contributed by atoms with van der Waals surface area (Å²) in [5.74, 6) is 0.414. The van der Waals surface area contributed by atoms with Gasteiger partial charge in [0, 0.05) is 26.3 Å². The largest absolute Gasteiger partial charge is 0.463 e. The third kappa shape index (κ3) is 3.71. The van der Waals surface area contributed by atoms with Gasteiger partial charge in [-0.05, 0) is 6.07 Å². The van der Waals surface area contributed by atoms with E-state index in [4.69, 9.17) is 15.2 Å². The Morgan fingerprint density at radius 1 is 1.46 bits per heavy atom. The van der Waals surface area contributed by atoms with Crippen LogP contribution in [0.4, 0.5) is 5.82 Å². The number of nitrogens with zero attached hydrogens (tertiary/aromatic N) is 2. The predicted octanol–water partition coefficient (Wildman–Crippen LogP) is 0.474. The van der Waals surface area contributed by atoms with E-state index in [1.807, 2.05) is 0 Å². The first-order valence-corrected chi connectivity index (χ1v) is 4.03. The molecule has 1 aromatic rings. The molecule has 0 saturated carbocycles. The monoisotopic (exact) mass is 183 g/mol. The fourth-order valence-electron chi connectivity index (χ4n) is 0.790. The maximum atomic E-state index is 5.43. The molecule has 2 N–H and O–H groups in total. The Bertz CT molecular complexity index is 255. The topological polar surface area (TPSA) is 70.3 Å². The Morgan fingerprint density at radius 3 is 3.00 bits per heavy atom. The third-order valence-electron chi connectivity index (χ3n) is 1.38. The fourth-order valence-corrected chi connectivity index (χ4v) is 0.790. The van der Waals surface area contributed by atoms with Gasteiger partial charge in [-0.25, -0.2) is 4.98 Å². The number of rotatable bonds is 5. The number of ether oxygens (including phenoxy) is 2. The Kier molecular flexibility index (Phi) is 3.98. The number of hydrogen-bond donors (Lipinski definition) is 1. The van der Waals surface area contributed by atoms with Gasteiger partial charge in [0.2, 0.25) is 0 Å². The van der Waals surface area contributed by atoms with Gasteiger partial charge < -0.3 is 15.2 Å². The molecule has 5 heteroatoms. The van der Waals surface area contributed by atoms with E-state index in [0.29, 0.717) is 25.0 Å². The Hall–Kier alpha value is -1.36. The van der Waals surface area contributed by atoms with Crippen molar-refractivity contribution in [2.24, 2.45) is 0 Å². The quantitative estimate of drug-likeness (QED) is 0.672. The molecule has 0 saturated heterocycles. The zero-order valence-corrected chi connectivity index (χ0v) is 7.56. The minimum absolute atomic E-state index is 0.316. The summed E-state index contributed by atoms with van der Waals surface area (Å²) in [6, 6.07) is 1.93. The first-order chi connectivity index (χ1) is 6.33. The minimum atomic E-state index is 0.316. The van der Waals surface area contributed by atoms with Crippen LogP contribution in [0.25, 0.3) is 0 Å². The van der Waals surface area contributed by atoms with Crippen molar-refractivity contribution in [3.63, 3.8) is 0 Å². The third-order valence-corrected chi connectivity index (χ3v) is 1.38. The SMILES string of the molecule is COCCCOc1nccc(N)n1. The standard InChI is InChI=1S/C8H13N3O2/c1-12-5-2-6-13-8-10-4-3-7(9)11-8/h3-4H,2,5-6H2,1H3,(H2,9,10,11). The van der Waals surface area contributed by atoms with E-state index in [9.17, 15) is 0 Å². The normalized spacial score (nSPS) is 9.92. The molecule has 0 unspecified atom stereocenters. The van der Waals surface area contributed by atoms with E-state index in [0.717, 1.165) is 6.42 Å². The van der Waals surface area contributed by atoms with Gasteiger partial charge in [-0.1, -0.05) is 0 Å². The van der Waals surface area contributed by atoms with Crippen LogP contribution in [0, 0.1) is 0 Å². The van der Waals surface area contributed by atoms with Crippen LogP contribution in [0.5, 0.6) is 6.01 Å². The first-order valence-electron chi connectivity index (χ1n) is 4.03. The number of methoxy groups -OCH3 is 1. The second-order valence-corrected chi connectivity index (χ2v) is 2.46. The Labute approximate surface area is 76.9 Å². The van der Waals surface area contributed by atoms with Crippen molar-refractivity contribution in [3.05, 3.63) is 12.3 Å². The average Bonchev–Trinajstić information content (AvgIpc) is 2.13. The van der Waals surface area contributed by atoms with E-state index < -0.39 is 0 Å². The van der Waals surface area contributed by atoms with Crippen LogP contribution in [0.3, 0.4) is 0 Å². The number of nitrogen functional groups attached to an aromatic ring is 1. The van der Waals surface area contributed by atoms with Crippen LogP contribution in [-0.2, 0) is 4.74 Å². The molecule has 0 aromatic carbocycles. The molecule has 1 rings (SSSR count). The van der Waals surface area contributed by atoms with E-state index in [-0.39, 0.29) is 0 Å². The highest BCUT2D eigenvalue weighted by atomic mass is 16.5. The number of hydrogen-bond acceptors (Lipinski definition) is 5. The lowest BCUT2D eigenvalue weighted by Crippen LogP contribution is -2.04. The summed E-state index contributed by atoms with van der Waals surface area (Å²) in [6.07, 6.45) is 2.38. The molecule has 0 bridgehead atoms. The molecule has 0 aliphatic carbocycles. The van der Waals surface area contributed by atoms with Gasteiger partial charge in [-0.15, -0.1) is 0 Å². The molecule has 72 valence electrons. The predicted molar refractivity (Wildman–Crippen MR) is 48.4 cm³/mol. The van der Waals surface area contributed by atoms with Crippen molar-refractivity contribution in [1.29, 1.82) is 0 Å². The van der Waals surface area contributed by atoms with Crippen LogP contribution in [0.1, 0.15) is 6.42 Å². The highest BCUT2D eigenvalue weighted by molar-refractivity contribution is 5.26. The summed E-state index contributed by atoms with van der Waals surface area (Å²) in [5, 5.41) is 0. The highest BCUT2D eigenvalue weighted by Gasteiger charge is 1.96. The maximum absolute atomic E-state index is 5.43. The van der Waals surface area contributed by atoms with E-state index in [1.165, 1.54) is 0 Å². The second-order valence-electron chi connectivity index (χ2n) is 2.46. The lowest BCUT2D eigenvalue weighted by Gasteiger charge is -2.03. The molecule has 0 atom stereocenters. The van der Waals surface area contributed by atoms with Gasteiger partial charge >= 0.3 is 6.01 Å². The van der Waals surface area contributed by atoms with Crippen molar-refractivity contribution in [1.82, 2.24) is 9.97 Å². The minimum Gasteiger partial charge on any atom is -0.463 e. The molecule has 0 fully saturated rings. The van der Waals surface area contributed by atoms with E-state index in [1.54, 1.807) is 19.4 Å². The molecular weight excluding hydrogens is 170 g/mol. The van der Waals surface area contributed by atoms with Crippen LogP contribution >= 0.6 is 0 Å². The van der Waals surface area contributed by atoms with Gasteiger partial charge in [0.05, 0.1) is 6.61 Å². The van der Waals surface area contributed by atoms with Gasteiger partial charge in [-0.3, -0.25) is 0 Å². The van der Waals surface area contributed by atoms with Crippen molar-refractivity contribution < 1.29 is 9.47 Å². The number of aromatic nitrogens is 2. The summed E-state index contributed by atoms with van der Waals surface area (Å²) < 4.78 is 10.1. The Balaban J connectivity index is 2.28. The van der Waals surface area contributed by atoms with Crippen molar-refractivity contribution in [2.75, 3.05) is 26.1 Å². The molecule has 0 spiro atoms. The second kappa shape index (κ2) is 5.31. The molecule has 13 heavy (non-hydrogen) atoms. The smallest absolute Gasteiger partial charge is 0.318 e.